The summed E-state index contributed by atoms with van der Waals surface area (Å²) in [6.07, 6.45) is 0. The van der Waals surface area contributed by atoms with Crippen molar-refractivity contribution < 1.29 is 13.5 Å². The van der Waals surface area contributed by atoms with Gasteiger partial charge in [-0.25, -0.2) is 13.1 Å². The zero-order valence-corrected chi connectivity index (χ0v) is 13.0. The standard InChI is InChI=1S/C14H17NO3S2/c1-10-12(9-16)5-3-7-14(10)20(17,18)15-11(2)13-6-4-8-19-13/h3-8,11,15-16H,9H2,1-2H3. The van der Waals surface area contributed by atoms with E-state index in [0.717, 1.165) is 4.88 Å². The predicted molar refractivity (Wildman–Crippen MR) is 80.2 cm³/mol. The van der Waals surface area contributed by atoms with Crippen LogP contribution in [-0.4, -0.2) is 13.5 Å². The van der Waals surface area contributed by atoms with E-state index >= 15 is 0 Å². The van der Waals surface area contributed by atoms with Crippen molar-refractivity contribution in [2.45, 2.75) is 31.4 Å². The largest absolute Gasteiger partial charge is 0.392 e. The van der Waals surface area contributed by atoms with E-state index in [-0.39, 0.29) is 17.5 Å². The van der Waals surface area contributed by atoms with Gasteiger partial charge in [0, 0.05) is 4.88 Å². The molecule has 0 aliphatic carbocycles. The second-order valence-corrected chi connectivity index (χ2v) is 7.22. The first-order valence-electron chi connectivity index (χ1n) is 6.21. The highest BCUT2D eigenvalue weighted by Crippen LogP contribution is 2.23. The Kier molecular flexibility index (Phi) is 4.59. The van der Waals surface area contributed by atoms with Crippen LogP contribution in [0.25, 0.3) is 0 Å². The van der Waals surface area contributed by atoms with E-state index in [1.54, 1.807) is 25.1 Å². The van der Waals surface area contributed by atoms with E-state index in [2.05, 4.69) is 4.72 Å². The molecule has 0 saturated heterocycles. The third kappa shape index (κ3) is 3.09. The number of aliphatic hydroxyl groups excluding tert-OH is 1. The Bertz CT molecular complexity index is 678. The second-order valence-electron chi connectivity index (χ2n) is 4.56. The Labute approximate surface area is 123 Å². The van der Waals surface area contributed by atoms with Crippen LogP contribution in [0.3, 0.4) is 0 Å². The van der Waals surface area contributed by atoms with Crippen LogP contribution in [0.15, 0.2) is 40.6 Å². The third-order valence-corrected chi connectivity index (χ3v) is 5.90. The van der Waals surface area contributed by atoms with E-state index in [4.69, 9.17) is 0 Å². The number of benzene rings is 1. The lowest BCUT2D eigenvalue weighted by molar-refractivity contribution is 0.280. The number of sulfonamides is 1. The quantitative estimate of drug-likeness (QED) is 0.892. The average molecular weight is 311 g/mol. The highest BCUT2D eigenvalue weighted by molar-refractivity contribution is 7.89. The molecule has 0 saturated carbocycles. The summed E-state index contributed by atoms with van der Waals surface area (Å²) in [5.74, 6) is 0. The summed E-state index contributed by atoms with van der Waals surface area (Å²) in [6.45, 7) is 3.35. The normalized spacial score (nSPS) is 13.3. The van der Waals surface area contributed by atoms with Gasteiger partial charge in [-0.3, -0.25) is 0 Å². The van der Waals surface area contributed by atoms with Crippen LogP contribution < -0.4 is 4.72 Å². The van der Waals surface area contributed by atoms with Crippen LogP contribution in [0, 0.1) is 6.92 Å². The highest BCUT2D eigenvalue weighted by Gasteiger charge is 2.21. The lowest BCUT2D eigenvalue weighted by atomic mass is 10.1. The molecule has 0 bridgehead atoms. The minimum absolute atomic E-state index is 0.171. The number of rotatable bonds is 5. The van der Waals surface area contributed by atoms with Gasteiger partial charge in [-0.2, -0.15) is 0 Å². The average Bonchev–Trinajstić information content (AvgIpc) is 2.92. The lowest BCUT2D eigenvalue weighted by Crippen LogP contribution is -2.27. The molecule has 1 aromatic heterocycles. The summed E-state index contributed by atoms with van der Waals surface area (Å²) in [6, 6.07) is 8.42. The van der Waals surface area contributed by atoms with E-state index in [9.17, 15) is 13.5 Å². The zero-order chi connectivity index (χ0) is 14.8. The van der Waals surface area contributed by atoms with Gasteiger partial charge in [0.2, 0.25) is 10.0 Å². The minimum Gasteiger partial charge on any atom is -0.392 e. The van der Waals surface area contributed by atoms with Crippen LogP contribution in [0.1, 0.15) is 29.0 Å². The Hall–Kier alpha value is -1.21. The van der Waals surface area contributed by atoms with Crippen molar-refractivity contribution in [3.63, 3.8) is 0 Å². The first-order chi connectivity index (χ1) is 9.45. The number of nitrogens with one attached hydrogen (secondary N) is 1. The van der Waals surface area contributed by atoms with Crippen molar-refractivity contribution in [2.24, 2.45) is 0 Å². The minimum atomic E-state index is -3.60. The van der Waals surface area contributed by atoms with Gasteiger partial charge in [-0.1, -0.05) is 18.2 Å². The van der Waals surface area contributed by atoms with Gasteiger partial charge in [-0.05, 0) is 42.5 Å². The number of hydrogen-bond acceptors (Lipinski definition) is 4. The van der Waals surface area contributed by atoms with Crippen LogP contribution >= 0.6 is 11.3 Å². The monoisotopic (exact) mass is 311 g/mol. The third-order valence-electron chi connectivity index (χ3n) is 3.16. The Morgan fingerprint density at radius 2 is 2.05 bits per heavy atom. The molecule has 2 rings (SSSR count). The highest BCUT2D eigenvalue weighted by atomic mass is 32.2. The summed E-state index contributed by atoms with van der Waals surface area (Å²) in [5.41, 5.74) is 1.21. The molecule has 1 unspecified atom stereocenters. The summed E-state index contributed by atoms with van der Waals surface area (Å²) >= 11 is 1.51. The van der Waals surface area contributed by atoms with Crippen LogP contribution in [0.4, 0.5) is 0 Å². The maximum absolute atomic E-state index is 12.4. The first-order valence-corrected chi connectivity index (χ1v) is 8.57. The topological polar surface area (TPSA) is 66.4 Å². The molecule has 6 heteroatoms. The van der Waals surface area contributed by atoms with E-state index in [1.807, 2.05) is 24.4 Å². The lowest BCUT2D eigenvalue weighted by Gasteiger charge is -2.15. The molecule has 108 valence electrons. The van der Waals surface area contributed by atoms with Gasteiger partial charge in [0.05, 0.1) is 17.5 Å². The predicted octanol–water partition coefficient (Wildman–Crippen LogP) is 2.59. The van der Waals surface area contributed by atoms with E-state index in [0.29, 0.717) is 11.1 Å². The molecule has 0 aliphatic rings. The van der Waals surface area contributed by atoms with Gasteiger partial charge in [0.1, 0.15) is 0 Å². The molecule has 0 radical (unpaired) electrons. The van der Waals surface area contributed by atoms with Crippen molar-refractivity contribution in [1.82, 2.24) is 4.72 Å². The fourth-order valence-corrected chi connectivity index (χ4v) is 4.33. The van der Waals surface area contributed by atoms with Crippen molar-refractivity contribution in [3.05, 3.63) is 51.7 Å². The summed E-state index contributed by atoms with van der Waals surface area (Å²) < 4.78 is 27.5. The molecule has 1 heterocycles. The Balaban J connectivity index is 2.31. The van der Waals surface area contributed by atoms with Gasteiger partial charge in [-0.15, -0.1) is 11.3 Å². The Morgan fingerprint density at radius 1 is 1.30 bits per heavy atom. The number of hydrogen-bond donors (Lipinski definition) is 2. The van der Waals surface area contributed by atoms with Gasteiger partial charge >= 0.3 is 0 Å². The molecule has 0 amide bonds. The van der Waals surface area contributed by atoms with Gasteiger partial charge in [0.15, 0.2) is 0 Å². The molecule has 4 nitrogen and oxygen atoms in total. The SMILES string of the molecule is Cc1c(CO)cccc1S(=O)(=O)NC(C)c1cccs1. The second kappa shape index (κ2) is 6.05. The molecule has 2 N–H and O–H groups in total. The first kappa shape index (κ1) is 15.2. The molecule has 1 atom stereocenters. The number of thiophene rings is 1. The smallest absolute Gasteiger partial charge is 0.241 e. The van der Waals surface area contributed by atoms with Crippen molar-refractivity contribution in [3.8, 4) is 0 Å². The summed E-state index contributed by atoms with van der Waals surface area (Å²) in [4.78, 5) is 1.18. The molecule has 20 heavy (non-hydrogen) atoms. The van der Waals surface area contributed by atoms with E-state index in [1.165, 1.54) is 11.3 Å². The fourth-order valence-electron chi connectivity index (χ4n) is 2.01. The maximum atomic E-state index is 12.4. The van der Waals surface area contributed by atoms with Crippen molar-refractivity contribution in [1.29, 1.82) is 0 Å². The molecule has 1 aromatic carbocycles. The Morgan fingerprint density at radius 3 is 2.65 bits per heavy atom. The van der Waals surface area contributed by atoms with Crippen LogP contribution in [-0.2, 0) is 16.6 Å². The molecular formula is C14H17NO3S2. The molecule has 0 spiro atoms. The van der Waals surface area contributed by atoms with Crippen molar-refractivity contribution >= 4 is 21.4 Å². The van der Waals surface area contributed by atoms with Crippen LogP contribution in [0.5, 0.6) is 0 Å². The summed E-state index contributed by atoms with van der Waals surface area (Å²) in [5, 5.41) is 11.1. The van der Waals surface area contributed by atoms with E-state index < -0.39 is 10.0 Å². The van der Waals surface area contributed by atoms with Crippen LogP contribution in [0.2, 0.25) is 0 Å². The molecular weight excluding hydrogens is 294 g/mol. The fraction of sp³-hybridized carbons (Fsp3) is 0.286. The zero-order valence-electron chi connectivity index (χ0n) is 11.3. The molecule has 2 aromatic rings. The van der Waals surface area contributed by atoms with Gasteiger partial charge < -0.3 is 5.11 Å². The molecule has 0 fully saturated rings. The van der Waals surface area contributed by atoms with Gasteiger partial charge in [0.25, 0.3) is 0 Å². The van der Waals surface area contributed by atoms with Crippen molar-refractivity contribution in [2.75, 3.05) is 0 Å². The summed E-state index contributed by atoms with van der Waals surface area (Å²) in [7, 11) is -3.60. The number of aliphatic hydroxyl groups is 1. The maximum Gasteiger partial charge on any atom is 0.241 e. The molecule has 0 aliphatic heterocycles.